The number of rotatable bonds is 5. The first kappa shape index (κ1) is 19.7. The Morgan fingerprint density at radius 2 is 2.17 bits per heavy atom. The first-order valence-electron chi connectivity index (χ1n) is 9.04. The number of fused-ring (bicyclic) bond motifs is 1. The van der Waals surface area contributed by atoms with Crippen LogP contribution in [0, 0.1) is 12.8 Å². The lowest BCUT2D eigenvalue weighted by Crippen LogP contribution is -2.26. The zero-order valence-corrected chi connectivity index (χ0v) is 17.6. The predicted octanol–water partition coefficient (Wildman–Crippen LogP) is 2.88. The van der Waals surface area contributed by atoms with Crippen molar-refractivity contribution < 1.29 is 14.3 Å². The van der Waals surface area contributed by atoms with Crippen LogP contribution in [-0.4, -0.2) is 34.1 Å². The molecule has 1 fully saturated rings. The van der Waals surface area contributed by atoms with Crippen molar-refractivity contribution in [3.05, 3.63) is 57.5 Å². The molecular formula is C20H19N3O4S2. The first-order chi connectivity index (χ1) is 14.0. The maximum atomic E-state index is 12.5. The van der Waals surface area contributed by atoms with Crippen LogP contribution in [0.1, 0.15) is 17.8 Å². The number of benzene rings is 1. The monoisotopic (exact) mass is 429 g/mol. The van der Waals surface area contributed by atoms with E-state index >= 15 is 0 Å². The van der Waals surface area contributed by atoms with Gasteiger partial charge < -0.3 is 9.64 Å². The van der Waals surface area contributed by atoms with Gasteiger partial charge in [-0.1, -0.05) is 6.07 Å². The Morgan fingerprint density at radius 3 is 2.97 bits per heavy atom. The van der Waals surface area contributed by atoms with Gasteiger partial charge >= 0.3 is 5.97 Å². The highest BCUT2D eigenvalue weighted by Crippen LogP contribution is 2.28. The molecule has 1 unspecified atom stereocenters. The second-order valence-corrected chi connectivity index (χ2v) is 8.51. The Hall–Kier alpha value is -2.65. The highest BCUT2D eigenvalue weighted by Gasteiger charge is 2.36. The van der Waals surface area contributed by atoms with Crippen LogP contribution in [0.3, 0.4) is 0 Å². The van der Waals surface area contributed by atoms with Gasteiger partial charge in [0.15, 0.2) is 4.96 Å². The zero-order chi connectivity index (χ0) is 20.5. The fraction of sp³-hybridized carbons (Fsp3) is 0.300. The van der Waals surface area contributed by atoms with Crippen molar-refractivity contribution >= 4 is 45.6 Å². The molecule has 1 atom stereocenters. The van der Waals surface area contributed by atoms with Crippen molar-refractivity contribution in [3.8, 4) is 0 Å². The highest BCUT2D eigenvalue weighted by atomic mass is 32.2. The van der Waals surface area contributed by atoms with Crippen molar-refractivity contribution in [2.24, 2.45) is 5.92 Å². The first-order valence-corrected chi connectivity index (χ1v) is 11.1. The lowest BCUT2D eigenvalue weighted by atomic mass is 10.1. The fourth-order valence-electron chi connectivity index (χ4n) is 3.33. The summed E-state index contributed by atoms with van der Waals surface area (Å²) in [7, 11) is 0. The van der Waals surface area contributed by atoms with E-state index in [1.807, 2.05) is 42.8 Å². The van der Waals surface area contributed by atoms with Gasteiger partial charge in [-0.2, -0.15) is 0 Å². The van der Waals surface area contributed by atoms with E-state index in [0.717, 1.165) is 16.3 Å². The van der Waals surface area contributed by atoms with Crippen LogP contribution in [0.25, 0.3) is 4.96 Å². The molecule has 0 spiro atoms. The van der Waals surface area contributed by atoms with Crippen LogP contribution >= 0.6 is 23.1 Å². The molecule has 29 heavy (non-hydrogen) atoms. The van der Waals surface area contributed by atoms with Gasteiger partial charge in [0.25, 0.3) is 5.56 Å². The molecular weight excluding hydrogens is 410 g/mol. The van der Waals surface area contributed by atoms with Crippen molar-refractivity contribution in [2.45, 2.75) is 24.8 Å². The summed E-state index contributed by atoms with van der Waals surface area (Å²) in [6, 6.07) is 9.04. The quantitative estimate of drug-likeness (QED) is 0.458. The highest BCUT2D eigenvalue weighted by molar-refractivity contribution is 7.98. The van der Waals surface area contributed by atoms with E-state index in [2.05, 4.69) is 4.98 Å². The number of carbonyl (C=O) groups is 2. The number of carbonyl (C=O) groups excluding carboxylic acids is 2. The molecule has 150 valence electrons. The maximum absolute atomic E-state index is 12.5. The number of thioether (sulfide) groups is 1. The van der Waals surface area contributed by atoms with Crippen LogP contribution in [-0.2, 0) is 20.9 Å². The second-order valence-electron chi connectivity index (χ2n) is 6.80. The SMILES string of the molecule is CSc1cccc(N2CC(C(=O)OCc3cc(=O)n4c(C)csc4n3)CC2=O)c1. The number of hydrogen-bond donors (Lipinski definition) is 0. The summed E-state index contributed by atoms with van der Waals surface area (Å²) in [6.45, 7) is 2.03. The maximum Gasteiger partial charge on any atom is 0.311 e. The van der Waals surface area contributed by atoms with Gasteiger partial charge in [-0.3, -0.25) is 18.8 Å². The number of hydrogen-bond acceptors (Lipinski definition) is 7. The van der Waals surface area contributed by atoms with E-state index in [1.165, 1.54) is 21.8 Å². The molecule has 9 heteroatoms. The summed E-state index contributed by atoms with van der Waals surface area (Å²) in [4.78, 5) is 44.7. The number of thiazole rings is 1. The van der Waals surface area contributed by atoms with Crippen LogP contribution < -0.4 is 10.5 Å². The molecule has 0 saturated carbocycles. The number of ether oxygens (including phenoxy) is 1. The number of aryl methyl sites for hydroxylation is 1. The van der Waals surface area contributed by atoms with Crippen molar-refractivity contribution in [1.82, 2.24) is 9.38 Å². The Morgan fingerprint density at radius 1 is 1.34 bits per heavy atom. The van der Waals surface area contributed by atoms with Gasteiger partial charge in [0.05, 0.1) is 11.6 Å². The van der Waals surface area contributed by atoms with Gasteiger partial charge in [0, 0.05) is 40.7 Å². The smallest absolute Gasteiger partial charge is 0.311 e. The number of amides is 1. The molecule has 2 aromatic heterocycles. The predicted molar refractivity (Wildman–Crippen MR) is 113 cm³/mol. The van der Waals surface area contributed by atoms with Gasteiger partial charge in [-0.05, 0) is 31.4 Å². The largest absolute Gasteiger partial charge is 0.459 e. The van der Waals surface area contributed by atoms with Gasteiger partial charge in [0.2, 0.25) is 5.91 Å². The molecule has 1 aromatic carbocycles. The number of anilines is 1. The van der Waals surface area contributed by atoms with Gasteiger partial charge in [-0.25, -0.2) is 4.98 Å². The van der Waals surface area contributed by atoms with Crippen LogP contribution in [0.2, 0.25) is 0 Å². The number of nitrogens with zero attached hydrogens (tertiary/aromatic N) is 3. The third-order valence-electron chi connectivity index (χ3n) is 4.81. The third-order valence-corrected chi connectivity index (χ3v) is 6.48. The van der Waals surface area contributed by atoms with Gasteiger partial charge in [-0.15, -0.1) is 23.1 Å². The average Bonchev–Trinajstić information content (AvgIpc) is 3.29. The fourth-order valence-corrected chi connectivity index (χ4v) is 4.68. The van der Waals surface area contributed by atoms with Gasteiger partial charge in [0.1, 0.15) is 6.61 Å². The molecule has 7 nitrogen and oxygen atoms in total. The molecule has 3 aromatic rings. The van der Waals surface area contributed by atoms with Crippen molar-refractivity contribution in [3.63, 3.8) is 0 Å². The van der Waals surface area contributed by atoms with Crippen LogP contribution in [0.4, 0.5) is 5.69 Å². The number of esters is 1. The summed E-state index contributed by atoms with van der Waals surface area (Å²) < 4.78 is 6.89. The molecule has 0 bridgehead atoms. The third kappa shape index (κ3) is 3.92. The molecule has 1 saturated heterocycles. The van der Waals surface area contributed by atoms with E-state index in [-0.39, 0.29) is 31.0 Å². The van der Waals surface area contributed by atoms with E-state index in [9.17, 15) is 14.4 Å². The minimum Gasteiger partial charge on any atom is -0.459 e. The zero-order valence-electron chi connectivity index (χ0n) is 16.0. The molecule has 0 radical (unpaired) electrons. The lowest BCUT2D eigenvalue weighted by molar-refractivity contribution is -0.149. The Labute approximate surface area is 175 Å². The van der Waals surface area contributed by atoms with E-state index in [1.54, 1.807) is 16.7 Å². The second kappa shape index (κ2) is 8.00. The Kier molecular flexibility index (Phi) is 5.42. The summed E-state index contributed by atoms with van der Waals surface area (Å²) in [5.41, 5.74) is 1.81. The summed E-state index contributed by atoms with van der Waals surface area (Å²) in [5.74, 6) is -1.09. The van der Waals surface area contributed by atoms with Crippen LogP contribution in [0.5, 0.6) is 0 Å². The average molecular weight is 430 g/mol. The molecule has 1 aliphatic rings. The molecule has 0 aliphatic carbocycles. The molecule has 1 aliphatic heterocycles. The summed E-state index contributed by atoms with van der Waals surface area (Å²) >= 11 is 2.96. The molecule has 0 N–H and O–H groups in total. The van der Waals surface area contributed by atoms with Crippen molar-refractivity contribution in [2.75, 3.05) is 17.7 Å². The minimum absolute atomic E-state index is 0.0891. The molecule has 1 amide bonds. The van der Waals surface area contributed by atoms with E-state index in [0.29, 0.717) is 10.7 Å². The standard InChI is InChI=1S/C20H19N3O4S2/c1-12-11-29-20-21-14(7-18(25)23(12)20)10-27-19(26)13-6-17(24)22(9-13)15-4-3-5-16(8-15)28-2/h3-5,7-8,11,13H,6,9-10H2,1-2H3. The Bertz CT molecular complexity index is 1150. The summed E-state index contributed by atoms with van der Waals surface area (Å²) in [5, 5.41) is 1.85. The molecule has 4 rings (SSSR count). The number of aromatic nitrogens is 2. The normalized spacial score (nSPS) is 16.6. The Balaban J connectivity index is 1.43. The van der Waals surface area contributed by atoms with Crippen molar-refractivity contribution in [1.29, 1.82) is 0 Å². The minimum atomic E-state index is -0.533. The topological polar surface area (TPSA) is 81.0 Å². The van der Waals surface area contributed by atoms with E-state index in [4.69, 9.17) is 4.74 Å². The molecule has 3 heterocycles. The van der Waals surface area contributed by atoms with Crippen LogP contribution in [0.15, 0.2) is 45.4 Å². The summed E-state index contributed by atoms with van der Waals surface area (Å²) in [6.07, 6.45) is 2.08. The van der Waals surface area contributed by atoms with E-state index < -0.39 is 11.9 Å². The lowest BCUT2D eigenvalue weighted by Gasteiger charge is -2.17.